The van der Waals surface area contributed by atoms with Crippen LogP contribution >= 0.6 is 11.3 Å². The van der Waals surface area contributed by atoms with Gasteiger partial charge in [-0.25, -0.2) is 4.79 Å². The highest BCUT2D eigenvalue weighted by molar-refractivity contribution is 7.17. The molecule has 0 spiro atoms. The summed E-state index contributed by atoms with van der Waals surface area (Å²) < 4.78 is 15.9. The van der Waals surface area contributed by atoms with Gasteiger partial charge in [-0.05, 0) is 55.0 Å². The Hall–Kier alpha value is -4.45. The standard InChI is InChI=1S/C24H22N6O5S/c1-13-18(19(15-7-9-25-10-8-15)20(33-3)14(2)27-13)21(31)28-23-29-30-24(36-23)35-12-17-6-5-16(11-26-17)22(32)34-4/h5-11H,12H2,1-4H3,(H,28,29,31). The minimum atomic E-state index is -0.469. The van der Waals surface area contributed by atoms with E-state index in [9.17, 15) is 9.59 Å². The van der Waals surface area contributed by atoms with Crippen molar-refractivity contribution in [1.29, 1.82) is 0 Å². The van der Waals surface area contributed by atoms with E-state index < -0.39 is 11.9 Å². The minimum Gasteiger partial charge on any atom is -0.494 e. The molecule has 1 amide bonds. The van der Waals surface area contributed by atoms with Crippen molar-refractivity contribution >= 4 is 28.3 Å². The molecule has 0 bridgehead atoms. The molecule has 4 aromatic rings. The van der Waals surface area contributed by atoms with Gasteiger partial charge in [-0.15, -0.1) is 5.10 Å². The molecule has 11 nitrogen and oxygen atoms in total. The van der Waals surface area contributed by atoms with E-state index in [4.69, 9.17) is 9.47 Å². The van der Waals surface area contributed by atoms with Crippen molar-refractivity contribution in [2.45, 2.75) is 20.5 Å². The third-order valence-corrected chi connectivity index (χ3v) is 5.87. The van der Waals surface area contributed by atoms with E-state index in [1.54, 1.807) is 43.6 Å². The van der Waals surface area contributed by atoms with Crippen LogP contribution in [0.3, 0.4) is 0 Å². The van der Waals surface area contributed by atoms with Gasteiger partial charge < -0.3 is 14.2 Å². The Kier molecular flexibility index (Phi) is 7.44. The Morgan fingerprint density at radius 3 is 2.47 bits per heavy atom. The van der Waals surface area contributed by atoms with Crippen LogP contribution in [0, 0.1) is 13.8 Å². The molecule has 36 heavy (non-hydrogen) atoms. The Bertz CT molecular complexity index is 1390. The number of ether oxygens (including phenoxy) is 3. The molecule has 0 aliphatic heterocycles. The van der Waals surface area contributed by atoms with E-state index in [0.717, 1.165) is 16.9 Å². The average molecular weight is 507 g/mol. The maximum atomic E-state index is 13.3. The van der Waals surface area contributed by atoms with Gasteiger partial charge >= 0.3 is 5.97 Å². The van der Waals surface area contributed by atoms with Gasteiger partial charge in [0, 0.05) is 24.2 Å². The molecule has 0 aliphatic carbocycles. The molecule has 184 valence electrons. The molecule has 0 aliphatic rings. The lowest BCUT2D eigenvalue weighted by Crippen LogP contribution is -2.17. The van der Waals surface area contributed by atoms with Gasteiger partial charge in [0.1, 0.15) is 12.4 Å². The SMILES string of the molecule is COC(=O)c1ccc(COc2nnc(NC(=O)c3c(C)nc(C)c(OC)c3-c3ccncc3)s2)nc1. The van der Waals surface area contributed by atoms with Crippen LogP contribution in [0.25, 0.3) is 11.1 Å². The number of hydrogen-bond acceptors (Lipinski definition) is 11. The number of hydrogen-bond donors (Lipinski definition) is 1. The molecule has 0 atom stereocenters. The first-order valence-corrected chi connectivity index (χ1v) is 11.5. The third kappa shape index (κ3) is 5.28. The van der Waals surface area contributed by atoms with Crippen LogP contribution in [0.15, 0.2) is 42.9 Å². The number of methoxy groups -OCH3 is 2. The summed E-state index contributed by atoms with van der Waals surface area (Å²) in [5, 5.41) is 11.2. The summed E-state index contributed by atoms with van der Waals surface area (Å²) in [6, 6.07) is 6.85. The van der Waals surface area contributed by atoms with Gasteiger partial charge in [0.05, 0.1) is 42.4 Å². The summed E-state index contributed by atoms with van der Waals surface area (Å²) in [4.78, 5) is 37.6. The quantitative estimate of drug-likeness (QED) is 0.352. The maximum Gasteiger partial charge on any atom is 0.339 e. The number of aryl methyl sites for hydroxylation is 2. The summed E-state index contributed by atoms with van der Waals surface area (Å²) in [6.07, 6.45) is 4.70. The summed E-state index contributed by atoms with van der Waals surface area (Å²) >= 11 is 1.07. The summed E-state index contributed by atoms with van der Waals surface area (Å²) in [6.45, 7) is 3.69. The second kappa shape index (κ2) is 10.9. The van der Waals surface area contributed by atoms with Crippen molar-refractivity contribution in [3.8, 4) is 22.1 Å². The Labute approximate surface area is 210 Å². The van der Waals surface area contributed by atoms with Crippen LogP contribution in [0.1, 0.15) is 37.8 Å². The first-order valence-electron chi connectivity index (χ1n) is 10.7. The maximum absolute atomic E-state index is 13.3. The number of carbonyl (C=O) groups is 2. The fourth-order valence-corrected chi connectivity index (χ4v) is 4.11. The molecule has 0 fully saturated rings. The summed E-state index contributed by atoms with van der Waals surface area (Å²) in [5.74, 6) is -0.375. The number of amides is 1. The number of aromatic nitrogens is 5. The van der Waals surface area contributed by atoms with Gasteiger partial charge in [-0.1, -0.05) is 5.10 Å². The normalized spacial score (nSPS) is 10.6. The zero-order chi connectivity index (χ0) is 25.7. The molecule has 4 heterocycles. The lowest BCUT2D eigenvalue weighted by molar-refractivity contribution is 0.0600. The molecule has 4 aromatic heterocycles. The van der Waals surface area contributed by atoms with Crippen molar-refractivity contribution in [2.75, 3.05) is 19.5 Å². The van der Waals surface area contributed by atoms with Gasteiger partial charge in [-0.2, -0.15) is 0 Å². The van der Waals surface area contributed by atoms with Crippen molar-refractivity contribution in [3.05, 3.63) is 71.1 Å². The Morgan fingerprint density at radius 1 is 1.03 bits per heavy atom. The van der Waals surface area contributed by atoms with E-state index in [1.807, 2.05) is 6.92 Å². The summed E-state index contributed by atoms with van der Waals surface area (Å²) in [5.41, 5.74) is 3.87. The van der Waals surface area contributed by atoms with Crippen LogP contribution in [0.4, 0.5) is 5.13 Å². The van der Waals surface area contributed by atoms with Crippen LogP contribution in [0.2, 0.25) is 0 Å². The van der Waals surface area contributed by atoms with E-state index in [2.05, 4.69) is 35.2 Å². The molecule has 0 aromatic carbocycles. The monoisotopic (exact) mass is 506 g/mol. The van der Waals surface area contributed by atoms with Gasteiger partial charge in [-0.3, -0.25) is 25.1 Å². The van der Waals surface area contributed by atoms with Crippen molar-refractivity contribution < 1.29 is 23.8 Å². The second-order valence-corrected chi connectivity index (χ2v) is 8.39. The second-order valence-electron chi connectivity index (χ2n) is 7.45. The van der Waals surface area contributed by atoms with E-state index in [0.29, 0.717) is 39.5 Å². The molecule has 4 rings (SSSR count). The molecule has 0 saturated carbocycles. The number of anilines is 1. The molecule has 0 unspecified atom stereocenters. The lowest BCUT2D eigenvalue weighted by Gasteiger charge is -2.17. The van der Waals surface area contributed by atoms with Crippen molar-refractivity contribution in [2.24, 2.45) is 0 Å². The average Bonchev–Trinajstić information content (AvgIpc) is 3.34. The van der Waals surface area contributed by atoms with Crippen LogP contribution in [-0.2, 0) is 11.3 Å². The zero-order valence-electron chi connectivity index (χ0n) is 19.9. The van der Waals surface area contributed by atoms with Gasteiger partial charge in [0.2, 0.25) is 5.13 Å². The number of nitrogens with one attached hydrogen (secondary N) is 1. The topological polar surface area (TPSA) is 138 Å². The van der Waals surface area contributed by atoms with Crippen LogP contribution < -0.4 is 14.8 Å². The number of esters is 1. The Morgan fingerprint density at radius 2 is 1.81 bits per heavy atom. The van der Waals surface area contributed by atoms with Gasteiger partial charge in [0.25, 0.3) is 11.1 Å². The molecular formula is C24H22N6O5S. The first kappa shape index (κ1) is 24.7. The first-order chi connectivity index (χ1) is 17.4. The summed E-state index contributed by atoms with van der Waals surface area (Å²) in [7, 11) is 2.84. The fraction of sp³-hybridized carbons (Fsp3) is 0.208. The van der Waals surface area contributed by atoms with Crippen LogP contribution in [-0.4, -0.2) is 51.2 Å². The highest BCUT2D eigenvalue weighted by Gasteiger charge is 2.24. The fourth-order valence-electron chi connectivity index (χ4n) is 3.52. The van der Waals surface area contributed by atoms with Gasteiger partial charge in [0.15, 0.2) is 0 Å². The predicted octanol–water partition coefficient (Wildman–Crippen LogP) is 3.63. The largest absolute Gasteiger partial charge is 0.494 e. The lowest BCUT2D eigenvalue weighted by atomic mass is 9.97. The highest BCUT2D eigenvalue weighted by atomic mass is 32.1. The van der Waals surface area contributed by atoms with Crippen molar-refractivity contribution in [1.82, 2.24) is 25.1 Å². The third-order valence-electron chi connectivity index (χ3n) is 5.12. The van der Waals surface area contributed by atoms with Crippen molar-refractivity contribution in [3.63, 3.8) is 0 Å². The number of nitrogens with zero attached hydrogens (tertiary/aromatic N) is 5. The number of carbonyl (C=O) groups excluding carboxylic acids is 2. The highest BCUT2D eigenvalue weighted by Crippen LogP contribution is 2.37. The molecule has 12 heteroatoms. The molecule has 0 saturated heterocycles. The van der Waals surface area contributed by atoms with E-state index in [-0.39, 0.29) is 16.9 Å². The number of pyridine rings is 3. The van der Waals surface area contributed by atoms with Crippen LogP contribution in [0.5, 0.6) is 10.9 Å². The predicted molar refractivity (Wildman–Crippen MR) is 131 cm³/mol. The van der Waals surface area contributed by atoms with E-state index >= 15 is 0 Å². The minimum absolute atomic E-state index is 0.106. The molecular weight excluding hydrogens is 484 g/mol. The number of rotatable bonds is 8. The molecule has 1 N–H and O–H groups in total. The van der Waals surface area contributed by atoms with E-state index in [1.165, 1.54) is 20.4 Å². The Balaban J connectivity index is 1.51. The zero-order valence-corrected chi connectivity index (χ0v) is 20.8. The molecule has 0 radical (unpaired) electrons. The smallest absolute Gasteiger partial charge is 0.339 e.